The largest absolute Gasteiger partial charge is 0.340 e. The number of rotatable bonds is 7. The third-order valence-electron chi connectivity index (χ3n) is 4.16. The number of nitrogens with one attached hydrogen (secondary N) is 1. The Hall–Kier alpha value is -3.86. The first kappa shape index (κ1) is 19.9. The number of ketones is 1. The van der Waals surface area contributed by atoms with Gasteiger partial charge in [0, 0.05) is 12.3 Å². The maximum absolute atomic E-state index is 13.1. The van der Waals surface area contributed by atoms with Crippen molar-refractivity contribution in [3.63, 3.8) is 0 Å². The number of Topliss-reactive ketones (excluding diaryl/α,β-unsaturated/α-hetero) is 1. The Kier molecular flexibility index (Phi) is 6.09. The molecule has 1 aromatic carbocycles. The Morgan fingerprint density at radius 1 is 1.28 bits per heavy atom. The molecule has 0 aliphatic carbocycles. The standard InChI is InChI=1S/C21H18FN5O2/c1-3-19-23-10-9-20(25-19)27-17(11-14(2)26-27)21(29)24-16(18(28)13-22)12-15-7-5-4-6-8-15/h1,4-11,16H,12-13H2,2H3,(H,24,29). The highest BCUT2D eigenvalue weighted by Crippen LogP contribution is 2.12. The molecule has 8 heteroatoms. The van der Waals surface area contributed by atoms with E-state index >= 15 is 0 Å². The van der Waals surface area contributed by atoms with Gasteiger partial charge in [-0.1, -0.05) is 30.3 Å². The summed E-state index contributed by atoms with van der Waals surface area (Å²) in [6, 6.07) is 11.2. The molecule has 3 aromatic rings. The number of amides is 1. The van der Waals surface area contributed by atoms with E-state index in [9.17, 15) is 14.0 Å². The van der Waals surface area contributed by atoms with Gasteiger partial charge in [-0.25, -0.2) is 19.0 Å². The van der Waals surface area contributed by atoms with Crippen LogP contribution < -0.4 is 5.32 Å². The molecule has 0 spiro atoms. The second-order valence-corrected chi connectivity index (χ2v) is 6.28. The van der Waals surface area contributed by atoms with Gasteiger partial charge in [0.15, 0.2) is 11.6 Å². The Balaban J connectivity index is 1.89. The SMILES string of the molecule is C#Cc1nccc(-n2nc(C)cc2C(=O)NC(Cc2ccccc2)C(=O)CF)n1. The van der Waals surface area contributed by atoms with Gasteiger partial charge in [0.1, 0.15) is 12.4 Å². The molecular formula is C21H18FN5O2. The normalized spacial score (nSPS) is 11.5. The molecule has 2 heterocycles. The highest BCUT2D eigenvalue weighted by molar-refractivity contribution is 5.97. The summed E-state index contributed by atoms with van der Waals surface area (Å²) < 4.78 is 14.4. The van der Waals surface area contributed by atoms with Crippen LogP contribution in [0.4, 0.5) is 4.39 Å². The lowest BCUT2D eigenvalue weighted by Crippen LogP contribution is -2.43. The van der Waals surface area contributed by atoms with Crippen LogP contribution >= 0.6 is 0 Å². The van der Waals surface area contributed by atoms with Crippen LogP contribution in [0.15, 0.2) is 48.7 Å². The molecule has 0 saturated heterocycles. The lowest BCUT2D eigenvalue weighted by Gasteiger charge is -2.17. The number of hydrogen-bond donors (Lipinski definition) is 1. The maximum atomic E-state index is 13.1. The second-order valence-electron chi connectivity index (χ2n) is 6.28. The average Bonchev–Trinajstić information content (AvgIpc) is 3.15. The van der Waals surface area contributed by atoms with Crippen molar-refractivity contribution in [1.29, 1.82) is 0 Å². The predicted molar refractivity (Wildman–Crippen MR) is 104 cm³/mol. The molecule has 146 valence electrons. The smallest absolute Gasteiger partial charge is 0.270 e. The number of benzene rings is 1. The molecule has 1 atom stereocenters. The van der Waals surface area contributed by atoms with E-state index in [0.717, 1.165) is 5.56 Å². The quantitative estimate of drug-likeness (QED) is 0.621. The summed E-state index contributed by atoms with van der Waals surface area (Å²) in [5, 5.41) is 6.88. The summed E-state index contributed by atoms with van der Waals surface area (Å²) in [7, 11) is 0. The monoisotopic (exact) mass is 391 g/mol. The Labute approximate surface area is 167 Å². The maximum Gasteiger partial charge on any atom is 0.270 e. The van der Waals surface area contributed by atoms with Crippen molar-refractivity contribution in [2.24, 2.45) is 0 Å². The first-order valence-electron chi connectivity index (χ1n) is 8.82. The molecule has 7 nitrogen and oxygen atoms in total. The fourth-order valence-corrected chi connectivity index (χ4v) is 2.79. The van der Waals surface area contributed by atoms with Gasteiger partial charge in [-0.15, -0.1) is 6.42 Å². The minimum Gasteiger partial charge on any atom is -0.340 e. The molecule has 0 bridgehead atoms. The van der Waals surface area contributed by atoms with E-state index in [1.807, 2.05) is 18.2 Å². The number of aromatic nitrogens is 4. The van der Waals surface area contributed by atoms with Crippen LogP contribution in [0, 0.1) is 19.3 Å². The molecule has 0 radical (unpaired) electrons. The second kappa shape index (κ2) is 8.89. The van der Waals surface area contributed by atoms with Gasteiger partial charge in [0.25, 0.3) is 5.91 Å². The van der Waals surface area contributed by atoms with Gasteiger partial charge in [0.05, 0.1) is 11.7 Å². The fraction of sp³-hybridized carbons (Fsp3) is 0.190. The molecule has 1 N–H and O–H groups in total. The summed E-state index contributed by atoms with van der Waals surface area (Å²) in [5.74, 6) is 1.50. The third kappa shape index (κ3) is 4.71. The summed E-state index contributed by atoms with van der Waals surface area (Å²) in [6.07, 6.45) is 6.97. The van der Waals surface area contributed by atoms with Gasteiger partial charge in [0.2, 0.25) is 5.82 Å². The van der Waals surface area contributed by atoms with Gasteiger partial charge in [-0.2, -0.15) is 5.10 Å². The van der Waals surface area contributed by atoms with Crippen LogP contribution in [0.3, 0.4) is 0 Å². The van der Waals surface area contributed by atoms with Gasteiger partial charge in [-0.3, -0.25) is 9.59 Å². The van der Waals surface area contributed by atoms with Gasteiger partial charge >= 0.3 is 0 Å². The fourth-order valence-electron chi connectivity index (χ4n) is 2.79. The number of aryl methyl sites for hydroxylation is 1. The Bertz CT molecular complexity index is 1070. The molecule has 2 aromatic heterocycles. The zero-order chi connectivity index (χ0) is 20.8. The first-order chi connectivity index (χ1) is 14.0. The van der Waals surface area contributed by atoms with E-state index in [4.69, 9.17) is 6.42 Å². The van der Waals surface area contributed by atoms with Crippen LogP contribution in [0.2, 0.25) is 0 Å². The number of carbonyl (C=O) groups is 2. The highest BCUT2D eigenvalue weighted by Gasteiger charge is 2.24. The molecule has 1 unspecified atom stereocenters. The van der Waals surface area contributed by atoms with E-state index < -0.39 is 24.4 Å². The van der Waals surface area contributed by atoms with Crippen LogP contribution in [0.25, 0.3) is 5.82 Å². The molecule has 0 aliphatic heterocycles. The molecular weight excluding hydrogens is 373 g/mol. The van der Waals surface area contributed by atoms with Crippen molar-refractivity contribution in [2.75, 3.05) is 6.67 Å². The summed E-state index contributed by atoms with van der Waals surface area (Å²) in [6.45, 7) is 0.540. The van der Waals surface area contributed by atoms with Gasteiger partial charge < -0.3 is 5.32 Å². The highest BCUT2D eigenvalue weighted by atomic mass is 19.1. The molecule has 3 rings (SSSR count). The zero-order valence-electron chi connectivity index (χ0n) is 15.7. The predicted octanol–water partition coefficient (Wildman–Crippen LogP) is 1.83. The third-order valence-corrected chi connectivity index (χ3v) is 4.16. The average molecular weight is 391 g/mol. The number of nitrogens with zero attached hydrogens (tertiary/aromatic N) is 4. The van der Waals surface area contributed by atoms with E-state index in [0.29, 0.717) is 11.5 Å². The minimum absolute atomic E-state index is 0.147. The molecule has 0 aliphatic rings. The van der Waals surface area contributed by atoms with Crippen LogP contribution in [-0.2, 0) is 11.2 Å². The Morgan fingerprint density at radius 2 is 2.03 bits per heavy atom. The van der Waals surface area contributed by atoms with Crippen LogP contribution in [-0.4, -0.2) is 44.2 Å². The summed E-state index contributed by atoms with van der Waals surface area (Å²) >= 11 is 0. The number of carbonyl (C=O) groups excluding carboxylic acids is 2. The van der Waals surface area contributed by atoms with Crippen molar-refractivity contribution < 1.29 is 14.0 Å². The van der Waals surface area contributed by atoms with Crippen LogP contribution in [0.5, 0.6) is 0 Å². The number of halogens is 1. The zero-order valence-corrected chi connectivity index (χ0v) is 15.7. The first-order valence-corrected chi connectivity index (χ1v) is 8.82. The van der Waals surface area contributed by atoms with E-state index in [2.05, 4.69) is 26.3 Å². The number of alkyl halides is 1. The molecule has 0 saturated carbocycles. The lowest BCUT2D eigenvalue weighted by atomic mass is 10.0. The lowest BCUT2D eigenvalue weighted by molar-refractivity contribution is -0.121. The number of hydrogen-bond acceptors (Lipinski definition) is 5. The van der Waals surface area contributed by atoms with Crippen molar-refractivity contribution in [3.8, 4) is 18.2 Å². The Morgan fingerprint density at radius 3 is 2.72 bits per heavy atom. The van der Waals surface area contributed by atoms with Crippen molar-refractivity contribution in [3.05, 3.63) is 71.4 Å². The van der Waals surface area contributed by atoms with Crippen molar-refractivity contribution in [2.45, 2.75) is 19.4 Å². The number of terminal acetylenes is 1. The van der Waals surface area contributed by atoms with E-state index in [-0.39, 0.29) is 17.9 Å². The van der Waals surface area contributed by atoms with Gasteiger partial charge in [-0.05, 0) is 30.9 Å². The molecule has 0 fully saturated rings. The topological polar surface area (TPSA) is 89.8 Å². The minimum atomic E-state index is -1.17. The molecule has 1 amide bonds. The van der Waals surface area contributed by atoms with E-state index in [1.165, 1.54) is 10.9 Å². The van der Waals surface area contributed by atoms with Crippen LogP contribution in [0.1, 0.15) is 27.6 Å². The molecule has 29 heavy (non-hydrogen) atoms. The van der Waals surface area contributed by atoms with E-state index in [1.54, 1.807) is 31.2 Å². The summed E-state index contributed by atoms with van der Waals surface area (Å²) in [4.78, 5) is 33.1. The van der Waals surface area contributed by atoms with Crippen molar-refractivity contribution in [1.82, 2.24) is 25.1 Å². The summed E-state index contributed by atoms with van der Waals surface area (Å²) in [5.41, 5.74) is 1.51. The van der Waals surface area contributed by atoms with Crippen molar-refractivity contribution >= 4 is 11.7 Å².